The molecular weight excluding hydrogens is 279 g/mol. The lowest BCUT2D eigenvalue weighted by Gasteiger charge is -2.23. The lowest BCUT2D eigenvalue weighted by Crippen LogP contribution is -2.30. The second kappa shape index (κ2) is 5.76. The molecule has 0 aliphatic rings. The zero-order chi connectivity index (χ0) is 15.6. The van der Waals surface area contributed by atoms with Crippen molar-refractivity contribution in [2.45, 2.75) is 13.1 Å². The minimum absolute atomic E-state index is 0.343. The van der Waals surface area contributed by atoms with Crippen LogP contribution in [0.5, 0.6) is 0 Å². The van der Waals surface area contributed by atoms with E-state index in [1.54, 1.807) is 32.4 Å². The molecule has 0 unspecified atom stereocenters. The fourth-order valence-electron chi connectivity index (χ4n) is 1.97. The molecule has 0 aliphatic heterocycles. The monoisotopic (exact) mass is 291 g/mol. The third-order valence-electron chi connectivity index (χ3n) is 3.16. The van der Waals surface area contributed by atoms with Gasteiger partial charge in [0, 0.05) is 0 Å². The summed E-state index contributed by atoms with van der Waals surface area (Å²) >= 11 is 0. The third-order valence-corrected chi connectivity index (χ3v) is 3.16. The maximum Gasteiger partial charge on any atom is 0.419 e. The van der Waals surface area contributed by atoms with Crippen LogP contribution in [-0.4, -0.2) is 7.28 Å². The topological polar surface area (TPSA) is 0 Å². The van der Waals surface area contributed by atoms with Crippen molar-refractivity contribution in [1.29, 1.82) is 0 Å². The van der Waals surface area contributed by atoms with E-state index in [1.807, 2.05) is 12.1 Å². The average molecular weight is 291 g/mol. The molecule has 2 aromatic rings. The highest BCUT2D eigenvalue weighted by Crippen LogP contribution is 2.30. The molecule has 5 heteroatoms. The van der Waals surface area contributed by atoms with Gasteiger partial charge >= 0.3 is 6.18 Å². The highest BCUT2D eigenvalue weighted by molar-refractivity contribution is 6.67. The zero-order valence-electron chi connectivity index (χ0n) is 11.3. The van der Waals surface area contributed by atoms with Crippen LogP contribution in [0.4, 0.5) is 17.6 Å². The highest BCUT2D eigenvalue weighted by Gasteiger charge is 2.33. The second-order valence-electron chi connectivity index (χ2n) is 4.70. The Kier molecular flexibility index (Phi) is 4.21. The van der Waals surface area contributed by atoms with Gasteiger partial charge in [0.05, 0.1) is 5.56 Å². The molecule has 0 spiro atoms. The number of hydrogen-bond acceptors (Lipinski definition) is 0. The molecule has 0 saturated heterocycles. The van der Waals surface area contributed by atoms with Crippen molar-refractivity contribution in [1.82, 2.24) is 0 Å². The van der Waals surface area contributed by atoms with Crippen LogP contribution < -0.4 is 10.9 Å². The van der Waals surface area contributed by atoms with Crippen molar-refractivity contribution in [3.05, 3.63) is 65.5 Å². The molecule has 2 radical (unpaired) electrons. The predicted molar refractivity (Wildman–Crippen MR) is 77.7 cm³/mol. The Morgan fingerprint density at radius 1 is 1.10 bits per heavy atom. The van der Waals surface area contributed by atoms with E-state index in [4.69, 9.17) is 0 Å². The SMILES string of the molecule is C=Cc1ccc([B-]c2cc(C(F)(F)F)c(F)cc2C)cc1. The van der Waals surface area contributed by atoms with Crippen molar-refractivity contribution in [3.8, 4) is 0 Å². The largest absolute Gasteiger partial charge is 0.419 e. The van der Waals surface area contributed by atoms with Crippen LogP contribution in [0.2, 0.25) is 0 Å². The summed E-state index contributed by atoms with van der Waals surface area (Å²) in [6.45, 7) is 5.21. The molecule has 0 fully saturated rings. The first-order valence-electron chi connectivity index (χ1n) is 6.26. The number of benzene rings is 2. The lowest BCUT2D eigenvalue weighted by molar-refractivity contribution is -0.139. The standard InChI is InChI=1S/C16H12BF4/c1-3-11-4-6-12(7-5-11)17-14-9-13(16(19,20)21)15(18)8-10(14)2/h3-9H,1H2,2H3/q-1. The van der Waals surface area contributed by atoms with Gasteiger partial charge in [-0.05, 0) is 18.6 Å². The Balaban J connectivity index is 2.37. The number of alkyl halides is 3. The number of hydrogen-bond donors (Lipinski definition) is 0. The van der Waals surface area contributed by atoms with Crippen LogP contribution in [0.25, 0.3) is 6.08 Å². The van der Waals surface area contributed by atoms with E-state index in [0.29, 0.717) is 11.0 Å². The molecular formula is C16H12BF4-. The van der Waals surface area contributed by atoms with E-state index >= 15 is 0 Å². The van der Waals surface area contributed by atoms with Gasteiger partial charge in [0.2, 0.25) is 0 Å². The van der Waals surface area contributed by atoms with Crippen LogP contribution in [0, 0.1) is 12.7 Å². The van der Waals surface area contributed by atoms with Gasteiger partial charge in [-0.2, -0.15) is 13.2 Å². The Labute approximate surface area is 121 Å². The van der Waals surface area contributed by atoms with E-state index in [2.05, 4.69) is 6.58 Å². The molecule has 0 amide bonds. The van der Waals surface area contributed by atoms with Crippen LogP contribution >= 0.6 is 0 Å². The molecule has 0 aromatic heterocycles. The van der Waals surface area contributed by atoms with Gasteiger partial charge in [-0.25, -0.2) is 4.39 Å². The first kappa shape index (κ1) is 15.4. The average Bonchev–Trinajstić information content (AvgIpc) is 2.41. The first-order valence-corrected chi connectivity index (χ1v) is 6.26. The fourth-order valence-corrected chi connectivity index (χ4v) is 1.97. The van der Waals surface area contributed by atoms with Crippen molar-refractivity contribution in [2.75, 3.05) is 0 Å². The van der Waals surface area contributed by atoms with Gasteiger partial charge < -0.3 is 0 Å². The maximum atomic E-state index is 13.4. The molecule has 0 heterocycles. The fraction of sp³-hybridized carbons (Fsp3) is 0.125. The number of aryl methyl sites for hydroxylation is 1. The third kappa shape index (κ3) is 3.54. The number of rotatable bonds is 3. The van der Waals surface area contributed by atoms with E-state index in [9.17, 15) is 17.6 Å². The molecule has 0 atom stereocenters. The molecule has 2 aromatic carbocycles. The summed E-state index contributed by atoms with van der Waals surface area (Å²) < 4.78 is 51.6. The smallest absolute Gasteiger partial charge is 0.275 e. The van der Waals surface area contributed by atoms with Gasteiger partial charge in [0.15, 0.2) is 0 Å². The second-order valence-corrected chi connectivity index (χ2v) is 4.70. The van der Waals surface area contributed by atoms with Gasteiger partial charge in [-0.15, -0.1) is 12.1 Å². The van der Waals surface area contributed by atoms with Gasteiger partial charge in [-0.1, -0.05) is 36.4 Å². The van der Waals surface area contributed by atoms with Crippen molar-refractivity contribution in [2.24, 2.45) is 0 Å². The van der Waals surface area contributed by atoms with Crippen LogP contribution in [-0.2, 0) is 6.18 Å². The molecule has 0 N–H and O–H groups in total. The molecule has 2 rings (SSSR count). The number of halogens is 4. The van der Waals surface area contributed by atoms with Crippen LogP contribution in [0.3, 0.4) is 0 Å². The van der Waals surface area contributed by atoms with Crippen molar-refractivity contribution in [3.63, 3.8) is 0 Å². The first-order chi connectivity index (χ1) is 9.81. The summed E-state index contributed by atoms with van der Waals surface area (Å²) in [4.78, 5) is 0. The van der Waals surface area contributed by atoms with Crippen LogP contribution in [0.1, 0.15) is 16.7 Å². The quantitative estimate of drug-likeness (QED) is 0.600. The van der Waals surface area contributed by atoms with Gasteiger partial charge in [-0.3, -0.25) is 18.2 Å². The molecule has 108 valence electrons. The maximum absolute atomic E-state index is 13.4. The summed E-state index contributed by atoms with van der Waals surface area (Å²) in [6.07, 6.45) is -3.03. The van der Waals surface area contributed by atoms with Crippen LogP contribution in [0.15, 0.2) is 43.0 Å². The summed E-state index contributed by atoms with van der Waals surface area (Å²) in [7, 11) is 1.59. The Morgan fingerprint density at radius 3 is 2.24 bits per heavy atom. The Bertz CT molecular complexity index is 657. The normalized spacial score (nSPS) is 11.5. The predicted octanol–water partition coefficient (Wildman–Crippen LogP) is 3.45. The Morgan fingerprint density at radius 2 is 1.71 bits per heavy atom. The summed E-state index contributed by atoms with van der Waals surface area (Å²) in [5, 5.41) is 0. The summed E-state index contributed by atoms with van der Waals surface area (Å²) in [6, 6.07) is 8.91. The van der Waals surface area contributed by atoms with Gasteiger partial charge in [0.1, 0.15) is 5.82 Å². The van der Waals surface area contributed by atoms with E-state index in [-0.39, 0.29) is 0 Å². The minimum atomic E-state index is -4.70. The lowest BCUT2D eigenvalue weighted by atomic mass is 9.62. The van der Waals surface area contributed by atoms with E-state index in [1.165, 1.54) is 0 Å². The molecule has 21 heavy (non-hydrogen) atoms. The minimum Gasteiger partial charge on any atom is -0.275 e. The highest BCUT2D eigenvalue weighted by atomic mass is 19.4. The molecule has 0 bridgehead atoms. The molecule has 0 saturated carbocycles. The molecule has 0 aliphatic carbocycles. The van der Waals surface area contributed by atoms with E-state index < -0.39 is 17.6 Å². The van der Waals surface area contributed by atoms with Crippen molar-refractivity contribution >= 4 is 24.3 Å². The zero-order valence-corrected chi connectivity index (χ0v) is 11.3. The summed E-state index contributed by atoms with van der Waals surface area (Å²) in [5.74, 6) is -1.25. The summed E-state index contributed by atoms with van der Waals surface area (Å²) in [5.41, 5.74) is 1.20. The van der Waals surface area contributed by atoms with Gasteiger partial charge in [0.25, 0.3) is 0 Å². The molecule has 0 nitrogen and oxygen atoms in total. The van der Waals surface area contributed by atoms with E-state index in [0.717, 1.165) is 23.2 Å². The van der Waals surface area contributed by atoms with Crippen molar-refractivity contribution < 1.29 is 17.6 Å². The Hall–Kier alpha value is -2.04.